The van der Waals surface area contributed by atoms with Gasteiger partial charge in [-0.25, -0.2) is 0 Å². The zero-order chi connectivity index (χ0) is 37.4. The van der Waals surface area contributed by atoms with Gasteiger partial charge in [0.25, 0.3) is 11.8 Å². The molecule has 4 heterocycles. The SMILES string of the molecule is CCn1c(-c2ccc3c(c2)N(C)C(=O)CO3)c(C#N)c2ccc(OC)cc21.CCn1c(-c2ccc3c(c2)NC(=O)CO3)c(C#N)c2ccc(OC)cc21. The molecule has 0 saturated heterocycles. The molecule has 0 aliphatic carbocycles. The summed E-state index contributed by atoms with van der Waals surface area (Å²) in [6.45, 7) is 5.53. The van der Waals surface area contributed by atoms with Gasteiger partial charge in [-0.3, -0.25) is 9.59 Å². The quantitative estimate of drug-likeness (QED) is 0.193. The Kier molecular flexibility index (Phi) is 9.12. The molecule has 0 saturated carbocycles. The summed E-state index contributed by atoms with van der Waals surface area (Å²) in [6.07, 6.45) is 0. The molecule has 2 amide bonds. The predicted octanol–water partition coefficient (Wildman–Crippen LogP) is 7.10. The van der Waals surface area contributed by atoms with Crippen LogP contribution in [-0.2, 0) is 22.7 Å². The predicted molar refractivity (Wildman–Crippen MR) is 202 cm³/mol. The van der Waals surface area contributed by atoms with Gasteiger partial charge in [-0.2, -0.15) is 10.5 Å². The van der Waals surface area contributed by atoms with Gasteiger partial charge in [0.05, 0.1) is 59.1 Å². The van der Waals surface area contributed by atoms with Crippen molar-refractivity contribution < 1.29 is 28.5 Å². The number of fused-ring (bicyclic) bond motifs is 4. The van der Waals surface area contributed by atoms with Gasteiger partial charge in [0.1, 0.15) is 35.1 Å². The summed E-state index contributed by atoms with van der Waals surface area (Å²) in [4.78, 5) is 25.2. The molecular formula is C41H36N6O6. The summed E-state index contributed by atoms with van der Waals surface area (Å²) in [6, 6.07) is 27.4. The smallest absolute Gasteiger partial charge is 0.264 e. The summed E-state index contributed by atoms with van der Waals surface area (Å²) in [5, 5.41) is 24.2. The minimum Gasteiger partial charge on any atom is -0.497 e. The number of aromatic nitrogens is 2. The van der Waals surface area contributed by atoms with E-state index in [1.807, 2.05) is 86.6 Å². The fourth-order valence-electron chi connectivity index (χ4n) is 7.05. The Bertz CT molecular complexity index is 2540. The molecule has 1 N–H and O–H groups in total. The van der Waals surface area contributed by atoms with E-state index < -0.39 is 0 Å². The van der Waals surface area contributed by atoms with E-state index in [9.17, 15) is 20.1 Å². The minimum atomic E-state index is -0.184. The number of nitriles is 2. The van der Waals surface area contributed by atoms with E-state index in [0.717, 1.165) is 55.8 Å². The zero-order valence-corrected chi connectivity index (χ0v) is 29.9. The number of ether oxygens (including phenoxy) is 4. The number of aryl methyl sites for hydroxylation is 2. The second kappa shape index (κ2) is 14.0. The van der Waals surface area contributed by atoms with Crippen molar-refractivity contribution in [2.45, 2.75) is 26.9 Å². The second-order valence-corrected chi connectivity index (χ2v) is 12.4. The summed E-state index contributed by atoms with van der Waals surface area (Å²) in [5.74, 6) is 2.51. The van der Waals surface area contributed by atoms with Crippen LogP contribution in [0.3, 0.4) is 0 Å². The van der Waals surface area contributed by atoms with Crippen molar-refractivity contribution in [1.82, 2.24) is 9.13 Å². The van der Waals surface area contributed by atoms with Crippen molar-refractivity contribution in [1.29, 1.82) is 10.5 Å². The van der Waals surface area contributed by atoms with Crippen LogP contribution in [0.2, 0.25) is 0 Å². The third-order valence-electron chi connectivity index (χ3n) is 9.60. The van der Waals surface area contributed by atoms with Gasteiger partial charge in [-0.1, -0.05) is 0 Å². The lowest BCUT2D eigenvalue weighted by Gasteiger charge is -2.26. The molecule has 2 aliphatic heterocycles. The van der Waals surface area contributed by atoms with Crippen LogP contribution in [0.25, 0.3) is 44.3 Å². The normalized spacial score (nSPS) is 13.1. The molecule has 0 fully saturated rings. The maximum Gasteiger partial charge on any atom is 0.264 e. The second-order valence-electron chi connectivity index (χ2n) is 12.4. The number of nitrogens with one attached hydrogen (secondary N) is 1. The number of carbonyl (C=O) groups is 2. The Morgan fingerprint density at radius 3 is 1.77 bits per heavy atom. The summed E-state index contributed by atoms with van der Waals surface area (Å²) in [7, 11) is 4.99. The maximum atomic E-state index is 12.0. The number of nitrogens with zero attached hydrogens (tertiary/aromatic N) is 5. The average Bonchev–Trinajstić information content (AvgIpc) is 3.69. The van der Waals surface area contributed by atoms with E-state index in [1.165, 1.54) is 0 Å². The molecule has 8 rings (SSSR count). The van der Waals surface area contributed by atoms with Gasteiger partial charge < -0.3 is 38.3 Å². The Balaban J connectivity index is 0.000000164. The van der Waals surface area contributed by atoms with Gasteiger partial charge in [0.2, 0.25) is 0 Å². The molecule has 0 unspecified atom stereocenters. The van der Waals surface area contributed by atoms with E-state index in [2.05, 4.69) is 26.6 Å². The molecule has 0 spiro atoms. The van der Waals surface area contributed by atoms with Gasteiger partial charge >= 0.3 is 0 Å². The number of anilines is 2. The van der Waals surface area contributed by atoms with Crippen LogP contribution >= 0.6 is 0 Å². The molecule has 2 aliphatic rings. The van der Waals surface area contributed by atoms with Crippen LogP contribution in [-0.4, -0.2) is 55.4 Å². The number of amides is 2. The average molecular weight is 709 g/mol. The molecule has 53 heavy (non-hydrogen) atoms. The highest BCUT2D eigenvalue weighted by atomic mass is 16.5. The Hall–Kier alpha value is -6.92. The lowest BCUT2D eigenvalue weighted by molar-refractivity contribution is -0.121. The third kappa shape index (κ3) is 5.90. The molecule has 0 atom stereocenters. The van der Waals surface area contributed by atoms with Gasteiger partial charge in [0, 0.05) is 54.2 Å². The van der Waals surface area contributed by atoms with Gasteiger partial charge in [0.15, 0.2) is 13.2 Å². The first-order valence-electron chi connectivity index (χ1n) is 17.1. The molecule has 266 valence electrons. The van der Waals surface area contributed by atoms with Crippen molar-refractivity contribution in [2.75, 3.05) is 44.7 Å². The minimum absolute atomic E-state index is 0.0187. The van der Waals surface area contributed by atoms with Crippen molar-refractivity contribution in [3.05, 3.63) is 83.9 Å². The highest BCUT2D eigenvalue weighted by molar-refractivity contribution is 6.01. The topological polar surface area (TPSA) is 144 Å². The van der Waals surface area contributed by atoms with Crippen molar-refractivity contribution in [3.63, 3.8) is 0 Å². The molecule has 0 bridgehead atoms. The van der Waals surface area contributed by atoms with E-state index >= 15 is 0 Å². The molecule has 4 aromatic carbocycles. The Morgan fingerprint density at radius 1 is 0.717 bits per heavy atom. The van der Waals surface area contributed by atoms with Crippen LogP contribution in [0, 0.1) is 22.7 Å². The highest BCUT2D eigenvalue weighted by Crippen LogP contribution is 2.41. The standard InChI is InChI=1S/C21H19N3O3.C20H17N3O3/c1-4-24-17-10-14(26-3)6-7-15(17)16(11-22)21(24)13-5-8-19-18(9-13)23(2)20(25)12-27-19;1-3-23-17-9-13(25-2)5-6-14(17)15(10-21)20(23)12-4-7-18-16(8-12)22-19(24)11-26-18/h5-10H,4,12H2,1-3H3;4-9H,3,11H2,1-2H3,(H,22,24). The number of methoxy groups -OCH3 is 2. The molecule has 0 radical (unpaired) electrons. The summed E-state index contributed by atoms with van der Waals surface area (Å²) in [5.41, 5.74) is 7.80. The van der Waals surface area contributed by atoms with Crippen LogP contribution in [0.5, 0.6) is 23.0 Å². The number of hydrogen-bond donors (Lipinski definition) is 1. The summed E-state index contributed by atoms with van der Waals surface area (Å²) < 4.78 is 25.8. The zero-order valence-electron chi connectivity index (χ0n) is 29.9. The Morgan fingerprint density at radius 2 is 1.25 bits per heavy atom. The molecule has 6 aromatic rings. The van der Waals surface area contributed by atoms with Crippen molar-refractivity contribution >= 4 is 45.0 Å². The molecule has 12 nitrogen and oxygen atoms in total. The number of hydrogen-bond acceptors (Lipinski definition) is 8. The van der Waals surface area contributed by atoms with Crippen molar-refractivity contribution in [2.24, 2.45) is 0 Å². The monoisotopic (exact) mass is 708 g/mol. The fraction of sp³-hybridized carbons (Fsp3) is 0.220. The first kappa shape index (κ1) is 34.5. The van der Waals surface area contributed by atoms with E-state index in [4.69, 9.17) is 18.9 Å². The van der Waals surface area contributed by atoms with Crippen LogP contribution in [0.15, 0.2) is 72.8 Å². The summed E-state index contributed by atoms with van der Waals surface area (Å²) >= 11 is 0. The van der Waals surface area contributed by atoms with E-state index in [-0.39, 0.29) is 25.0 Å². The number of benzene rings is 4. The maximum absolute atomic E-state index is 12.0. The number of carbonyl (C=O) groups excluding carboxylic acids is 2. The molecule has 12 heteroatoms. The lowest BCUT2D eigenvalue weighted by atomic mass is 10.0. The number of rotatable bonds is 6. The Labute approximate surface area is 305 Å². The van der Waals surface area contributed by atoms with Crippen LogP contribution in [0.4, 0.5) is 11.4 Å². The van der Waals surface area contributed by atoms with Crippen molar-refractivity contribution in [3.8, 4) is 57.7 Å². The number of likely N-dealkylation sites (N-methyl/N-ethyl adjacent to an activating group) is 1. The lowest BCUT2D eigenvalue weighted by Crippen LogP contribution is -2.35. The fourth-order valence-corrected chi connectivity index (χ4v) is 7.05. The first-order valence-corrected chi connectivity index (χ1v) is 17.1. The highest BCUT2D eigenvalue weighted by Gasteiger charge is 2.26. The largest absolute Gasteiger partial charge is 0.497 e. The van der Waals surface area contributed by atoms with Crippen LogP contribution in [0.1, 0.15) is 25.0 Å². The van der Waals surface area contributed by atoms with E-state index in [0.29, 0.717) is 47.1 Å². The van der Waals surface area contributed by atoms with Gasteiger partial charge in [-0.05, 0) is 74.5 Å². The first-order chi connectivity index (χ1) is 25.7. The third-order valence-corrected chi connectivity index (χ3v) is 9.60. The van der Waals surface area contributed by atoms with E-state index in [1.54, 1.807) is 26.2 Å². The van der Waals surface area contributed by atoms with Crippen LogP contribution < -0.4 is 29.2 Å². The molecule has 2 aromatic heterocycles. The van der Waals surface area contributed by atoms with Gasteiger partial charge in [-0.15, -0.1) is 0 Å². The molecular weight excluding hydrogens is 672 g/mol.